The molecule has 0 aliphatic carbocycles. The zero-order valence-electron chi connectivity index (χ0n) is 9.00. The lowest BCUT2D eigenvalue weighted by atomic mass is 10.0. The molecule has 2 heteroatoms. The lowest BCUT2D eigenvalue weighted by molar-refractivity contribution is 0.679. The third kappa shape index (κ3) is 2.63. The Labute approximate surface area is 90.6 Å². The summed E-state index contributed by atoms with van der Waals surface area (Å²) in [6.45, 7) is 6.02. The molecule has 0 saturated heterocycles. The van der Waals surface area contributed by atoms with Crippen molar-refractivity contribution in [3.8, 4) is 0 Å². The van der Waals surface area contributed by atoms with Crippen LogP contribution in [0.15, 0.2) is 41.3 Å². The SMILES string of the molecule is C=C(C)C(NC)c1ccc(SC)cc1. The molecule has 0 amide bonds. The van der Waals surface area contributed by atoms with Crippen molar-refractivity contribution in [3.05, 3.63) is 42.0 Å². The van der Waals surface area contributed by atoms with E-state index in [1.165, 1.54) is 10.5 Å². The average molecular weight is 207 g/mol. The molecule has 76 valence electrons. The minimum atomic E-state index is 0.269. The first kappa shape index (κ1) is 11.3. The molecule has 0 aromatic heterocycles. The first-order valence-corrected chi connectivity index (χ1v) is 5.88. The maximum Gasteiger partial charge on any atom is 0.0528 e. The molecule has 1 aromatic carbocycles. The molecule has 0 fully saturated rings. The highest BCUT2D eigenvalue weighted by Gasteiger charge is 2.08. The molecule has 0 heterocycles. The molecule has 1 aromatic rings. The van der Waals surface area contributed by atoms with Gasteiger partial charge in [0.2, 0.25) is 0 Å². The van der Waals surface area contributed by atoms with E-state index >= 15 is 0 Å². The third-order valence-corrected chi connectivity index (χ3v) is 2.97. The lowest BCUT2D eigenvalue weighted by Crippen LogP contribution is -2.16. The van der Waals surface area contributed by atoms with Crippen molar-refractivity contribution in [3.63, 3.8) is 0 Å². The summed E-state index contributed by atoms with van der Waals surface area (Å²) in [6, 6.07) is 8.87. The highest BCUT2D eigenvalue weighted by molar-refractivity contribution is 7.98. The predicted molar refractivity (Wildman–Crippen MR) is 64.8 cm³/mol. The van der Waals surface area contributed by atoms with E-state index in [2.05, 4.69) is 42.4 Å². The minimum absolute atomic E-state index is 0.269. The largest absolute Gasteiger partial charge is 0.310 e. The number of thioether (sulfide) groups is 1. The minimum Gasteiger partial charge on any atom is -0.310 e. The van der Waals surface area contributed by atoms with Gasteiger partial charge in [-0.25, -0.2) is 0 Å². The molecule has 0 aliphatic rings. The van der Waals surface area contributed by atoms with Gasteiger partial charge >= 0.3 is 0 Å². The molecule has 1 nitrogen and oxygen atoms in total. The highest BCUT2D eigenvalue weighted by Crippen LogP contribution is 2.22. The van der Waals surface area contributed by atoms with Crippen molar-refractivity contribution in [2.45, 2.75) is 17.9 Å². The van der Waals surface area contributed by atoms with Crippen molar-refractivity contribution in [1.29, 1.82) is 0 Å². The molecule has 0 bridgehead atoms. The van der Waals surface area contributed by atoms with E-state index < -0.39 is 0 Å². The fourth-order valence-electron chi connectivity index (χ4n) is 1.49. The van der Waals surface area contributed by atoms with Gasteiger partial charge in [0.1, 0.15) is 0 Å². The topological polar surface area (TPSA) is 12.0 Å². The Kier molecular flexibility index (Phi) is 4.23. The Hall–Kier alpha value is -0.730. The van der Waals surface area contributed by atoms with Crippen molar-refractivity contribution in [2.24, 2.45) is 0 Å². The van der Waals surface area contributed by atoms with Gasteiger partial charge in [-0.1, -0.05) is 24.3 Å². The number of likely N-dealkylation sites (N-methyl/N-ethyl adjacent to an activating group) is 1. The summed E-state index contributed by atoms with van der Waals surface area (Å²) in [5.74, 6) is 0. The Bertz CT molecular complexity index is 303. The molecule has 0 saturated carbocycles. The first-order valence-electron chi connectivity index (χ1n) is 4.65. The zero-order valence-corrected chi connectivity index (χ0v) is 9.82. The van der Waals surface area contributed by atoms with E-state index in [1.54, 1.807) is 11.8 Å². The number of nitrogens with one attached hydrogen (secondary N) is 1. The van der Waals surface area contributed by atoms with Gasteiger partial charge in [-0.15, -0.1) is 11.8 Å². The number of rotatable bonds is 4. The van der Waals surface area contributed by atoms with Crippen molar-refractivity contribution in [1.82, 2.24) is 5.32 Å². The maximum absolute atomic E-state index is 3.98. The quantitative estimate of drug-likeness (QED) is 0.601. The molecule has 0 radical (unpaired) electrons. The predicted octanol–water partition coefficient (Wildman–Crippen LogP) is 3.25. The average Bonchev–Trinajstić information content (AvgIpc) is 2.19. The van der Waals surface area contributed by atoms with Crippen LogP contribution in [0.2, 0.25) is 0 Å². The maximum atomic E-state index is 3.98. The highest BCUT2D eigenvalue weighted by atomic mass is 32.2. The van der Waals surface area contributed by atoms with Gasteiger partial charge in [0.25, 0.3) is 0 Å². The Balaban J connectivity index is 2.89. The number of hydrogen-bond donors (Lipinski definition) is 1. The number of benzene rings is 1. The van der Waals surface area contributed by atoms with Crippen LogP contribution in [-0.4, -0.2) is 13.3 Å². The molecular weight excluding hydrogens is 190 g/mol. The second kappa shape index (κ2) is 5.23. The van der Waals surface area contributed by atoms with Crippen molar-refractivity contribution < 1.29 is 0 Å². The van der Waals surface area contributed by atoms with Gasteiger partial charge < -0.3 is 5.32 Å². The molecule has 1 rings (SSSR count). The Morgan fingerprint density at radius 1 is 1.36 bits per heavy atom. The molecule has 1 N–H and O–H groups in total. The van der Waals surface area contributed by atoms with Crippen LogP contribution in [0.5, 0.6) is 0 Å². The van der Waals surface area contributed by atoms with Gasteiger partial charge in [-0.05, 0) is 37.9 Å². The molecular formula is C12H17NS. The van der Waals surface area contributed by atoms with Crippen molar-refractivity contribution in [2.75, 3.05) is 13.3 Å². The van der Waals surface area contributed by atoms with Gasteiger partial charge in [0.05, 0.1) is 6.04 Å². The summed E-state index contributed by atoms with van der Waals surface area (Å²) in [4.78, 5) is 1.30. The van der Waals surface area contributed by atoms with Crippen molar-refractivity contribution >= 4 is 11.8 Å². The zero-order chi connectivity index (χ0) is 10.6. The monoisotopic (exact) mass is 207 g/mol. The molecule has 0 spiro atoms. The smallest absolute Gasteiger partial charge is 0.0528 e. The molecule has 1 unspecified atom stereocenters. The van der Waals surface area contributed by atoms with Crippen LogP contribution >= 0.6 is 11.8 Å². The van der Waals surface area contributed by atoms with Crippen LogP contribution in [0.3, 0.4) is 0 Å². The van der Waals surface area contributed by atoms with Crippen LogP contribution in [0.25, 0.3) is 0 Å². The van der Waals surface area contributed by atoms with E-state index in [0.717, 1.165) is 5.57 Å². The van der Waals surface area contributed by atoms with Crippen LogP contribution in [0.4, 0.5) is 0 Å². The lowest BCUT2D eigenvalue weighted by Gasteiger charge is -2.16. The van der Waals surface area contributed by atoms with E-state index in [0.29, 0.717) is 0 Å². The van der Waals surface area contributed by atoms with Gasteiger partial charge in [0.15, 0.2) is 0 Å². The van der Waals surface area contributed by atoms with Gasteiger partial charge in [-0.3, -0.25) is 0 Å². The summed E-state index contributed by atoms with van der Waals surface area (Å²) in [7, 11) is 1.96. The summed E-state index contributed by atoms with van der Waals surface area (Å²) in [6.07, 6.45) is 2.09. The van der Waals surface area contributed by atoms with Crippen LogP contribution < -0.4 is 5.32 Å². The fraction of sp³-hybridized carbons (Fsp3) is 0.333. The Morgan fingerprint density at radius 2 is 1.93 bits per heavy atom. The van der Waals surface area contributed by atoms with Gasteiger partial charge in [0, 0.05) is 4.90 Å². The summed E-state index contributed by atoms with van der Waals surface area (Å²) < 4.78 is 0. The van der Waals surface area contributed by atoms with E-state index in [1.807, 2.05) is 14.0 Å². The fourth-order valence-corrected chi connectivity index (χ4v) is 1.90. The van der Waals surface area contributed by atoms with E-state index in [4.69, 9.17) is 0 Å². The molecule has 0 aliphatic heterocycles. The van der Waals surface area contributed by atoms with Crippen LogP contribution in [-0.2, 0) is 0 Å². The second-order valence-corrected chi connectivity index (χ2v) is 4.22. The van der Waals surface area contributed by atoms with Crippen LogP contribution in [0.1, 0.15) is 18.5 Å². The Morgan fingerprint density at radius 3 is 2.29 bits per heavy atom. The van der Waals surface area contributed by atoms with Crippen LogP contribution in [0, 0.1) is 0 Å². The summed E-state index contributed by atoms with van der Waals surface area (Å²) >= 11 is 1.76. The second-order valence-electron chi connectivity index (χ2n) is 3.34. The normalized spacial score (nSPS) is 12.5. The van der Waals surface area contributed by atoms with E-state index in [9.17, 15) is 0 Å². The first-order chi connectivity index (χ1) is 6.69. The number of hydrogen-bond acceptors (Lipinski definition) is 2. The molecule has 14 heavy (non-hydrogen) atoms. The standard InChI is InChI=1S/C12H17NS/c1-9(2)12(13-3)10-5-7-11(14-4)8-6-10/h5-8,12-13H,1H2,2-4H3. The summed E-state index contributed by atoms with van der Waals surface area (Å²) in [5.41, 5.74) is 2.42. The van der Waals surface area contributed by atoms with E-state index in [-0.39, 0.29) is 6.04 Å². The summed E-state index contributed by atoms with van der Waals surface area (Å²) in [5, 5.41) is 3.25. The third-order valence-electron chi connectivity index (χ3n) is 2.23. The van der Waals surface area contributed by atoms with Gasteiger partial charge in [-0.2, -0.15) is 0 Å². The molecule has 1 atom stereocenters.